The van der Waals surface area contributed by atoms with Crippen LogP contribution in [0.4, 0.5) is 0 Å². The Balaban J connectivity index is 1.44. The van der Waals surface area contributed by atoms with Crippen LogP contribution in [0.15, 0.2) is 6.07 Å². The van der Waals surface area contributed by atoms with Gasteiger partial charge in [0.15, 0.2) is 11.5 Å². The molecule has 0 unspecified atom stereocenters. The second-order valence-electron chi connectivity index (χ2n) is 7.12. The number of aromatic nitrogens is 5. The smallest absolute Gasteiger partial charge is 0.274 e. The number of likely N-dealkylation sites (N-methyl/N-ethyl adjacent to an activating group) is 1. The maximum Gasteiger partial charge on any atom is 0.274 e. The summed E-state index contributed by atoms with van der Waals surface area (Å²) in [5.74, 6) is 2.19. The Labute approximate surface area is 146 Å². The van der Waals surface area contributed by atoms with Crippen LogP contribution >= 0.6 is 0 Å². The predicted molar refractivity (Wildman–Crippen MR) is 90.4 cm³/mol. The standard InChI is InChI=1S/C17H24N6O2/c1-10-18-16(20-19-10)12-6-7-25-15(12)9-22(2)17(24)13-8-14(11-4-5-11)23(3)21-13/h8,11-12,15H,4-7,9H2,1-3H3,(H,18,19,20)/t12-,15-/m1/s1. The molecule has 0 spiro atoms. The Hall–Kier alpha value is -2.22. The molecule has 8 heteroatoms. The average molecular weight is 344 g/mol. The van der Waals surface area contributed by atoms with Crippen molar-refractivity contribution in [2.45, 2.75) is 44.1 Å². The number of nitrogens with zero attached hydrogens (tertiary/aromatic N) is 5. The van der Waals surface area contributed by atoms with Gasteiger partial charge in [0.05, 0.1) is 12.0 Å². The zero-order valence-electron chi connectivity index (χ0n) is 14.9. The fraction of sp³-hybridized carbons (Fsp3) is 0.647. The van der Waals surface area contributed by atoms with E-state index in [-0.39, 0.29) is 17.9 Å². The zero-order chi connectivity index (χ0) is 17.6. The minimum Gasteiger partial charge on any atom is -0.376 e. The molecule has 2 aromatic heterocycles. The van der Waals surface area contributed by atoms with Gasteiger partial charge in [0.1, 0.15) is 5.82 Å². The minimum absolute atomic E-state index is 0.0667. The molecule has 2 aromatic rings. The van der Waals surface area contributed by atoms with Gasteiger partial charge in [-0.1, -0.05) is 0 Å². The molecular formula is C17H24N6O2. The maximum atomic E-state index is 12.7. The lowest BCUT2D eigenvalue weighted by Crippen LogP contribution is -2.36. The van der Waals surface area contributed by atoms with Crippen LogP contribution in [-0.2, 0) is 11.8 Å². The molecule has 1 N–H and O–H groups in total. The van der Waals surface area contributed by atoms with E-state index in [9.17, 15) is 4.79 Å². The molecule has 2 fully saturated rings. The van der Waals surface area contributed by atoms with E-state index in [1.54, 1.807) is 11.9 Å². The molecule has 0 bridgehead atoms. The molecule has 0 aromatic carbocycles. The predicted octanol–water partition coefficient (Wildman–Crippen LogP) is 1.37. The zero-order valence-corrected chi connectivity index (χ0v) is 14.9. The Bertz CT molecular complexity index is 778. The maximum absolute atomic E-state index is 12.7. The van der Waals surface area contributed by atoms with Crippen LogP contribution in [0.5, 0.6) is 0 Å². The van der Waals surface area contributed by atoms with Crippen molar-refractivity contribution < 1.29 is 9.53 Å². The summed E-state index contributed by atoms with van der Waals surface area (Å²) in [6, 6.07) is 1.93. The summed E-state index contributed by atoms with van der Waals surface area (Å²) >= 11 is 0. The summed E-state index contributed by atoms with van der Waals surface area (Å²) in [5.41, 5.74) is 1.66. The molecule has 1 saturated carbocycles. The molecule has 25 heavy (non-hydrogen) atoms. The number of nitrogens with one attached hydrogen (secondary N) is 1. The van der Waals surface area contributed by atoms with Crippen LogP contribution in [0.1, 0.15) is 58.9 Å². The Morgan fingerprint density at radius 1 is 1.44 bits per heavy atom. The summed E-state index contributed by atoms with van der Waals surface area (Å²) in [7, 11) is 3.71. The summed E-state index contributed by atoms with van der Waals surface area (Å²) in [6.45, 7) is 3.06. The van der Waals surface area contributed by atoms with Crippen LogP contribution in [0.2, 0.25) is 0 Å². The summed E-state index contributed by atoms with van der Waals surface area (Å²) in [6.07, 6.45) is 3.17. The Kier molecular flexibility index (Phi) is 4.07. The number of carbonyl (C=O) groups excluding carboxylic acids is 1. The molecular weight excluding hydrogens is 320 g/mol. The topological polar surface area (TPSA) is 88.9 Å². The van der Waals surface area contributed by atoms with Gasteiger partial charge in [0, 0.05) is 38.9 Å². The van der Waals surface area contributed by atoms with Gasteiger partial charge in [0.2, 0.25) is 0 Å². The molecule has 1 saturated heterocycles. The highest BCUT2D eigenvalue weighted by molar-refractivity contribution is 5.92. The highest BCUT2D eigenvalue weighted by Gasteiger charge is 2.35. The monoisotopic (exact) mass is 344 g/mol. The first-order valence-electron chi connectivity index (χ1n) is 8.83. The average Bonchev–Trinajstić information content (AvgIpc) is 2.98. The fourth-order valence-electron chi connectivity index (χ4n) is 3.55. The third kappa shape index (κ3) is 3.18. The van der Waals surface area contributed by atoms with E-state index in [4.69, 9.17) is 4.74 Å². The number of carbonyl (C=O) groups is 1. The number of ether oxygens (including phenoxy) is 1. The third-order valence-corrected chi connectivity index (χ3v) is 5.09. The van der Waals surface area contributed by atoms with Crippen molar-refractivity contribution in [2.24, 2.45) is 7.05 Å². The van der Waals surface area contributed by atoms with Crippen molar-refractivity contribution in [3.05, 3.63) is 29.1 Å². The largest absolute Gasteiger partial charge is 0.376 e. The van der Waals surface area contributed by atoms with Gasteiger partial charge < -0.3 is 9.64 Å². The van der Waals surface area contributed by atoms with Gasteiger partial charge in [-0.3, -0.25) is 14.6 Å². The van der Waals surface area contributed by atoms with Gasteiger partial charge in [-0.2, -0.15) is 10.2 Å². The summed E-state index contributed by atoms with van der Waals surface area (Å²) < 4.78 is 7.69. The minimum atomic E-state index is -0.0873. The first kappa shape index (κ1) is 16.3. The highest BCUT2D eigenvalue weighted by Crippen LogP contribution is 2.40. The molecule has 1 aliphatic heterocycles. The molecule has 1 aliphatic carbocycles. The summed E-state index contributed by atoms with van der Waals surface area (Å²) in [4.78, 5) is 18.9. The molecule has 134 valence electrons. The number of rotatable bonds is 5. The molecule has 2 atom stereocenters. The molecule has 3 heterocycles. The van der Waals surface area contributed by atoms with E-state index in [2.05, 4.69) is 20.3 Å². The van der Waals surface area contributed by atoms with Crippen LogP contribution in [0, 0.1) is 6.92 Å². The number of aromatic amines is 1. The van der Waals surface area contributed by atoms with Gasteiger partial charge >= 0.3 is 0 Å². The number of amides is 1. The van der Waals surface area contributed by atoms with Crippen molar-refractivity contribution in [3.8, 4) is 0 Å². The van der Waals surface area contributed by atoms with E-state index in [0.717, 1.165) is 23.8 Å². The first-order chi connectivity index (χ1) is 12.0. The first-order valence-corrected chi connectivity index (χ1v) is 8.83. The van der Waals surface area contributed by atoms with E-state index in [1.807, 2.05) is 24.7 Å². The van der Waals surface area contributed by atoms with Crippen LogP contribution in [0.3, 0.4) is 0 Å². The lowest BCUT2D eigenvalue weighted by Gasteiger charge is -2.23. The molecule has 1 amide bonds. The van der Waals surface area contributed by atoms with Crippen molar-refractivity contribution >= 4 is 5.91 Å². The van der Waals surface area contributed by atoms with Crippen LogP contribution in [0.25, 0.3) is 0 Å². The number of hydrogen-bond acceptors (Lipinski definition) is 5. The number of H-pyrrole nitrogens is 1. The molecule has 8 nitrogen and oxygen atoms in total. The molecule has 4 rings (SSSR count). The van der Waals surface area contributed by atoms with Gasteiger partial charge in [-0.25, -0.2) is 4.98 Å². The quantitative estimate of drug-likeness (QED) is 0.885. The second-order valence-corrected chi connectivity index (χ2v) is 7.12. The van der Waals surface area contributed by atoms with E-state index < -0.39 is 0 Å². The number of hydrogen-bond donors (Lipinski definition) is 1. The van der Waals surface area contributed by atoms with Crippen molar-refractivity contribution in [1.82, 2.24) is 29.9 Å². The SMILES string of the molecule is Cc1nc([C@@H]2CCO[C@@H]2CN(C)C(=O)c2cc(C3CC3)n(C)n2)n[nH]1. The van der Waals surface area contributed by atoms with Gasteiger partial charge in [-0.05, 0) is 32.3 Å². The van der Waals surface area contributed by atoms with Crippen LogP contribution < -0.4 is 0 Å². The lowest BCUT2D eigenvalue weighted by atomic mass is 10.0. The van der Waals surface area contributed by atoms with Crippen molar-refractivity contribution in [2.75, 3.05) is 20.2 Å². The third-order valence-electron chi connectivity index (χ3n) is 5.09. The van der Waals surface area contributed by atoms with E-state index in [0.29, 0.717) is 24.8 Å². The Morgan fingerprint density at radius 2 is 2.24 bits per heavy atom. The summed E-state index contributed by atoms with van der Waals surface area (Å²) in [5, 5.41) is 11.6. The Morgan fingerprint density at radius 3 is 2.92 bits per heavy atom. The second kappa shape index (κ2) is 6.25. The van der Waals surface area contributed by atoms with E-state index >= 15 is 0 Å². The normalized spacial score (nSPS) is 23.2. The highest BCUT2D eigenvalue weighted by atomic mass is 16.5. The van der Waals surface area contributed by atoms with Crippen molar-refractivity contribution in [3.63, 3.8) is 0 Å². The van der Waals surface area contributed by atoms with Crippen LogP contribution in [-0.4, -0.2) is 62.1 Å². The van der Waals surface area contributed by atoms with Crippen molar-refractivity contribution in [1.29, 1.82) is 0 Å². The molecule has 2 aliphatic rings. The molecule has 0 radical (unpaired) electrons. The van der Waals surface area contributed by atoms with E-state index in [1.165, 1.54) is 12.8 Å². The van der Waals surface area contributed by atoms with Gasteiger partial charge in [-0.15, -0.1) is 0 Å². The number of aryl methyl sites for hydroxylation is 2. The fourth-order valence-corrected chi connectivity index (χ4v) is 3.55. The van der Waals surface area contributed by atoms with Gasteiger partial charge in [0.25, 0.3) is 5.91 Å². The lowest BCUT2D eigenvalue weighted by molar-refractivity contribution is 0.0545.